The summed E-state index contributed by atoms with van der Waals surface area (Å²) in [6, 6.07) is 14.5. The monoisotopic (exact) mass is 227 g/mol. The third-order valence-corrected chi connectivity index (χ3v) is 2.82. The van der Waals surface area contributed by atoms with Gasteiger partial charge in [-0.05, 0) is 36.6 Å². The molecular weight excluding hydrogens is 210 g/mol. The summed E-state index contributed by atoms with van der Waals surface area (Å²) in [7, 11) is 0. The molecule has 2 heteroatoms. The van der Waals surface area contributed by atoms with Crippen molar-refractivity contribution in [2.75, 3.05) is 0 Å². The van der Waals surface area contributed by atoms with Gasteiger partial charge in [-0.15, -0.1) is 0 Å². The lowest BCUT2D eigenvalue weighted by Gasteiger charge is -2.20. The zero-order chi connectivity index (χ0) is 12.3. The van der Waals surface area contributed by atoms with Gasteiger partial charge < -0.3 is 10.7 Å². The van der Waals surface area contributed by atoms with Crippen LogP contribution in [0.5, 0.6) is 0 Å². The van der Waals surface area contributed by atoms with Crippen LogP contribution in [0, 0.1) is 5.21 Å². The Bertz CT molecular complexity index is 502. The van der Waals surface area contributed by atoms with Crippen molar-refractivity contribution in [3.63, 3.8) is 0 Å². The van der Waals surface area contributed by atoms with Gasteiger partial charge in [-0.2, -0.15) is 0 Å². The van der Waals surface area contributed by atoms with Crippen LogP contribution >= 0.6 is 0 Å². The van der Waals surface area contributed by atoms with E-state index in [4.69, 9.17) is 0 Å². The van der Waals surface area contributed by atoms with Crippen LogP contribution in [0.3, 0.4) is 0 Å². The van der Waals surface area contributed by atoms with E-state index in [0.717, 1.165) is 11.0 Å². The average molecular weight is 227 g/mol. The van der Waals surface area contributed by atoms with Gasteiger partial charge in [0.15, 0.2) is 0 Å². The van der Waals surface area contributed by atoms with Crippen LogP contribution < -0.4 is 5.48 Å². The molecule has 2 nitrogen and oxygen atoms in total. The Morgan fingerprint density at radius 2 is 1.76 bits per heavy atom. The molecule has 2 aliphatic carbocycles. The zero-order valence-electron chi connectivity index (χ0n) is 10.2. The van der Waals surface area contributed by atoms with Crippen LogP contribution in [0.1, 0.15) is 19.4 Å². The zero-order valence-corrected chi connectivity index (χ0v) is 10.2. The molecule has 0 aliphatic heterocycles. The van der Waals surface area contributed by atoms with Crippen LogP contribution in [-0.2, 0) is 0 Å². The van der Waals surface area contributed by atoms with E-state index in [0.29, 0.717) is 0 Å². The first-order valence-electron chi connectivity index (χ1n) is 5.76. The summed E-state index contributed by atoms with van der Waals surface area (Å²) in [6.45, 7) is 3.81. The highest BCUT2D eigenvalue weighted by Crippen LogP contribution is 2.26. The third-order valence-electron chi connectivity index (χ3n) is 2.82. The van der Waals surface area contributed by atoms with Gasteiger partial charge in [-0.25, -0.2) is 0 Å². The maximum absolute atomic E-state index is 10.9. The Kier molecular flexibility index (Phi) is 3.27. The van der Waals surface area contributed by atoms with Gasteiger partial charge in [0, 0.05) is 0 Å². The first-order valence-corrected chi connectivity index (χ1v) is 5.76. The van der Waals surface area contributed by atoms with Gasteiger partial charge in [0.05, 0.1) is 0 Å². The first-order chi connectivity index (χ1) is 8.12. The van der Waals surface area contributed by atoms with Crippen LogP contribution in [0.25, 0.3) is 17.2 Å². The molecule has 0 spiro atoms. The molecule has 0 amide bonds. The second-order valence-electron chi connectivity index (χ2n) is 4.84. The molecule has 0 saturated carbocycles. The largest absolute Gasteiger partial charge is 0.635 e. The van der Waals surface area contributed by atoms with Crippen LogP contribution in [-0.4, -0.2) is 5.54 Å². The van der Waals surface area contributed by atoms with Crippen LogP contribution in [0.4, 0.5) is 0 Å². The van der Waals surface area contributed by atoms with Crippen LogP contribution in [0.15, 0.2) is 48.5 Å². The number of hydroxylamine groups is 1. The summed E-state index contributed by atoms with van der Waals surface area (Å²) < 4.78 is 0. The fraction of sp³-hybridized carbons (Fsp3) is 0.200. The molecule has 2 rings (SSSR count). The maximum Gasteiger partial charge on any atom is 0.109 e. The molecule has 0 bridgehead atoms. The minimum Gasteiger partial charge on any atom is -0.635 e. The second kappa shape index (κ2) is 4.70. The van der Waals surface area contributed by atoms with E-state index in [9.17, 15) is 5.21 Å². The molecule has 0 unspecified atom stereocenters. The molecule has 0 heterocycles. The van der Waals surface area contributed by atoms with Crippen molar-refractivity contribution in [2.24, 2.45) is 0 Å². The Labute approximate surface area is 102 Å². The Morgan fingerprint density at radius 3 is 2.53 bits per heavy atom. The molecule has 0 radical (unpaired) electrons. The van der Waals surface area contributed by atoms with E-state index >= 15 is 0 Å². The minimum atomic E-state index is -0.409. The predicted molar refractivity (Wildman–Crippen MR) is 71.5 cm³/mol. The van der Waals surface area contributed by atoms with Gasteiger partial charge in [-0.1, -0.05) is 48.5 Å². The summed E-state index contributed by atoms with van der Waals surface area (Å²) in [5.41, 5.74) is 4.14. The predicted octanol–water partition coefficient (Wildman–Crippen LogP) is 2.64. The summed E-state index contributed by atoms with van der Waals surface area (Å²) in [5, 5.41) is 10.9. The van der Waals surface area contributed by atoms with E-state index in [-0.39, 0.29) is 0 Å². The molecule has 0 aromatic carbocycles. The standard InChI is InChI=1S/C15H17NO/c1-15(2,16-17)11-10-13-7-4-3-6-12-8-5-9-14(12)13/h3-11H,16H2,1-2H3. The molecular formula is C15H17NO. The topological polar surface area (TPSA) is 39.7 Å². The lowest BCUT2D eigenvalue weighted by Crippen LogP contribution is -2.89. The van der Waals surface area contributed by atoms with E-state index in [2.05, 4.69) is 24.3 Å². The number of rotatable bonds is 3. The van der Waals surface area contributed by atoms with Crippen molar-refractivity contribution in [1.29, 1.82) is 0 Å². The van der Waals surface area contributed by atoms with Crippen molar-refractivity contribution < 1.29 is 5.48 Å². The molecule has 17 heavy (non-hydrogen) atoms. The Balaban J connectivity index is 2.39. The average Bonchev–Trinajstić information content (AvgIpc) is 2.69. The van der Waals surface area contributed by atoms with Crippen molar-refractivity contribution in [1.82, 2.24) is 0 Å². The lowest BCUT2D eigenvalue weighted by atomic mass is 10.0. The normalized spacial score (nSPS) is 12.4. The number of fused-ring (bicyclic) bond motifs is 1. The molecule has 0 aromatic rings. The highest BCUT2D eigenvalue weighted by Gasteiger charge is 2.12. The SMILES string of the molecule is CC(C)(C=Cc1ccccc2cccc1-2)[NH2+][O-]. The molecule has 0 fully saturated rings. The van der Waals surface area contributed by atoms with Crippen molar-refractivity contribution in [2.45, 2.75) is 19.4 Å². The summed E-state index contributed by atoms with van der Waals surface area (Å²) in [4.78, 5) is 0. The smallest absolute Gasteiger partial charge is 0.109 e. The van der Waals surface area contributed by atoms with Crippen LogP contribution in [0.2, 0.25) is 0 Å². The summed E-state index contributed by atoms with van der Waals surface area (Å²) >= 11 is 0. The van der Waals surface area contributed by atoms with Crippen molar-refractivity contribution in [3.05, 3.63) is 59.3 Å². The Morgan fingerprint density at radius 1 is 1.06 bits per heavy atom. The van der Waals surface area contributed by atoms with E-state index in [1.54, 1.807) is 0 Å². The molecule has 0 aromatic heterocycles. The Hall–Kier alpha value is -1.64. The fourth-order valence-corrected chi connectivity index (χ4v) is 1.74. The minimum absolute atomic E-state index is 0.409. The van der Waals surface area contributed by atoms with E-state index in [1.165, 1.54) is 11.1 Å². The highest BCUT2D eigenvalue weighted by molar-refractivity contribution is 5.76. The third kappa shape index (κ3) is 2.73. The van der Waals surface area contributed by atoms with Gasteiger partial charge in [0.1, 0.15) is 5.54 Å². The number of hydrogen-bond donors (Lipinski definition) is 1. The first kappa shape index (κ1) is 11.8. The molecule has 2 N–H and O–H groups in total. The van der Waals surface area contributed by atoms with Crippen molar-refractivity contribution >= 4 is 6.08 Å². The molecule has 0 atom stereocenters. The number of hydrogen-bond acceptors (Lipinski definition) is 1. The van der Waals surface area contributed by atoms with Gasteiger partial charge in [0.2, 0.25) is 0 Å². The fourth-order valence-electron chi connectivity index (χ4n) is 1.74. The van der Waals surface area contributed by atoms with Gasteiger partial charge in [0.25, 0.3) is 0 Å². The lowest BCUT2D eigenvalue weighted by molar-refractivity contribution is -0.649. The van der Waals surface area contributed by atoms with E-state index in [1.807, 2.05) is 44.2 Å². The van der Waals surface area contributed by atoms with Gasteiger partial charge >= 0.3 is 0 Å². The summed E-state index contributed by atoms with van der Waals surface area (Å²) in [6.07, 6.45) is 3.97. The maximum atomic E-state index is 10.9. The number of nitrogens with two attached hydrogens (primary N) is 1. The molecule has 0 saturated heterocycles. The molecule has 88 valence electrons. The van der Waals surface area contributed by atoms with E-state index < -0.39 is 5.54 Å². The van der Waals surface area contributed by atoms with Crippen molar-refractivity contribution in [3.8, 4) is 11.1 Å². The highest BCUT2D eigenvalue weighted by atomic mass is 16.5. The number of quaternary nitrogens is 1. The quantitative estimate of drug-likeness (QED) is 0.804. The summed E-state index contributed by atoms with van der Waals surface area (Å²) in [5.74, 6) is 0. The molecule has 2 aliphatic rings. The van der Waals surface area contributed by atoms with Gasteiger partial charge in [-0.3, -0.25) is 0 Å². The second-order valence-corrected chi connectivity index (χ2v) is 4.84.